The third-order valence-electron chi connectivity index (χ3n) is 2.68. The zero-order valence-corrected chi connectivity index (χ0v) is 9.60. The van der Waals surface area contributed by atoms with Crippen molar-refractivity contribution >= 4 is 0 Å². The van der Waals surface area contributed by atoms with Gasteiger partial charge >= 0.3 is 0 Å². The van der Waals surface area contributed by atoms with E-state index in [2.05, 4.69) is 0 Å². The molecular weight excluding hydrogens is 286 g/mol. The van der Waals surface area contributed by atoms with E-state index in [4.69, 9.17) is 0 Å². The van der Waals surface area contributed by atoms with Crippen LogP contribution in [-0.2, 0) is 0 Å². The summed E-state index contributed by atoms with van der Waals surface area (Å²) in [7, 11) is 0. The van der Waals surface area contributed by atoms with Crippen LogP contribution in [0.2, 0.25) is 0 Å². The lowest BCUT2D eigenvalue weighted by molar-refractivity contribution is 0.201. The van der Waals surface area contributed by atoms with Gasteiger partial charge in [0.15, 0.2) is 17.5 Å². The number of aliphatic hydroxyl groups is 1. The quantitative estimate of drug-likeness (QED) is 0.662. The summed E-state index contributed by atoms with van der Waals surface area (Å²) in [5, 5.41) is 9.71. The van der Waals surface area contributed by atoms with E-state index in [1.165, 1.54) is 0 Å². The van der Waals surface area contributed by atoms with Crippen molar-refractivity contribution in [3.05, 3.63) is 70.3 Å². The van der Waals surface area contributed by atoms with Crippen LogP contribution < -0.4 is 0 Å². The Labute approximate surface area is 109 Å². The second-order valence-corrected chi connectivity index (χ2v) is 3.95. The summed E-state index contributed by atoms with van der Waals surface area (Å²) < 4.78 is 78.8. The molecule has 0 aliphatic heterocycles. The topological polar surface area (TPSA) is 20.2 Å². The Bertz CT molecular complexity index is 647. The summed E-state index contributed by atoms with van der Waals surface area (Å²) in [5.74, 6) is -9.36. The second kappa shape index (κ2) is 5.16. The molecule has 0 saturated carbocycles. The summed E-state index contributed by atoms with van der Waals surface area (Å²) in [6.07, 6.45) is -2.24. The number of halogens is 6. The van der Waals surface area contributed by atoms with E-state index in [1.807, 2.05) is 0 Å². The van der Waals surface area contributed by atoms with Gasteiger partial charge in [0.2, 0.25) is 0 Å². The molecule has 0 fully saturated rings. The molecule has 1 N–H and O–H groups in total. The first-order valence-electron chi connectivity index (χ1n) is 5.28. The highest BCUT2D eigenvalue weighted by atomic mass is 19.2. The highest BCUT2D eigenvalue weighted by molar-refractivity contribution is 5.33. The number of hydrogen-bond donors (Lipinski definition) is 1. The molecule has 2 aromatic rings. The molecule has 0 aliphatic carbocycles. The Balaban J connectivity index is 2.58. The summed E-state index contributed by atoms with van der Waals surface area (Å²) in [5.41, 5.74) is -1.93. The fourth-order valence-electron chi connectivity index (χ4n) is 1.72. The lowest BCUT2D eigenvalue weighted by Gasteiger charge is -2.14. The van der Waals surface area contributed by atoms with Crippen molar-refractivity contribution in [3.8, 4) is 0 Å². The van der Waals surface area contributed by atoms with Gasteiger partial charge in [-0.3, -0.25) is 0 Å². The largest absolute Gasteiger partial charge is 0.383 e. The van der Waals surface area contributed by atoms with Gasteiger partial charge in [-0.15, -0.1) is 0 Å². The van der Waals surface area contributed by atoms with Gasteiger partial charge in [0.25, 0.3) is 0 Å². The highest BCUT2D eigenvalue weighted by Gasteiger charge is 2.26. The summed E-state index contributed by atoms with van der Waals surface area (Å²) >= 11 is 0. The monoisotopic (exact) mass is 292 g/mol. The lowest BCUT2D eigenvalue weighted by Crippen LogP contribution is -2.10. The molecule has 106 valence electrons. The van der Waals surface area contributed by atoms with Gasteiger partial charge in [0.1, 0.15) is 23.6 Å². The molecule has 7 heteroatoms. The molecule has 1 nitrogen and oxygen atoms in total. The normalized spacial score (nSPS) is 12.6. The van der Waals surface area contributed by atoms with Crippen LogP contribution in [0.15, 0.2) is 24.3 Å². The Morgan fingerprint density at radius 3 is 1.85 bits per heavy atom. The average molecular weight is 292 g/mol. The van der Waals surface area contributed by atoms with E-state index in [1.54, 1.807) is 0 Å². The van der Waals surface area contributed by atoms with Crippen LogP contribution in [0.4, 0.5) is 26.3 Å². The van der Waals surface area contributed by atoms with Crippen molar-refractivity contribution in [2.75, 3.05) is 0 Å². The summed E-state index contributed by atoms with van der Waals surface area (Å²) in [6.45, 7) is 0. The van der Waals surface area contributed by atoms with Crippen LogP contribution in [0, 0.1) is 34.9 Å². The highest BCUT2D eigenvalue weighted by Crippen LogP contribution is 2.30. The van der Waals surface area contributed by atoms with E-state index in [-0.39, 0.29) is 12.1 Å². The first-order chi connectivity index (χ1) is 9.32. The Kier molecular flexibility index (Phi) is 3.71. The Morgan fingerprint density at radius 1 is 0.750 bits per heavy atom. The average Bonchev–Trinajstić information content (AvgIpc) is 2.34. The zero-order chi connectivity index (χ0) is 15.0. The van der Waals surface area contributed by atoms with Gasteiger partial charge in [-0.2, -0.15) is 0 Å². The second-order valence-electron chi connectivity index (χ2n) is 3.95. The van der Waals surface area contributed by atoms with Crippen molar-refractivity contribution in [3.63, 3.8) is 0 Å². The molecule has 0 aliphatic rings. The van der Waals surface area contributed by atoms with Crippen molar-refractivity contribution in [1.82, 2.24) is 0 Å². The minimum absolute atomic E-state index is 0.277. The maximum Gasteiger partial charge on any atom is 0.194 e. The molecule has 1 unspecified atom stereocenters. The van der Waals surface area contributed by atoms with Crippen LogP contribution in [0.5, 0.6) is 0 Å². The number of aliphatic hydroxyl groups excluding tert-OH is 1. The Hall–Kier alpha value is -2.02. The van der Waals surface area contributed by atoms with Crippen molar-refractivity contribution in [1.29, 1.82) is 0 Å². The van der Waals surface area contributed by atoms with Crippen LogP contribution in [0.3, 0.4) is 0 Å². The number of hydrogen-bond acceptors (Lipinski definition) is 1. The fraction of sp³-hybridized carbons (Fsp3) is 0.0769. The molecule has 0 bridgehead atoms. The molecule has 0 saturated heterocycles. The summed E-state index contributed by atoms with van der Waals surface area (Å²) in [4.78, 5) is 0. The molecular formula is C13H6F6O. The zero-order valence-electron chi connectivity index (χ0n) is 9.60. The van der Waals surface area contributed by atoms with Crippen LogP contribution in [-0.4, -0.2) is 5.11 Å². The van der Waals surface area contributed by atoms with Crippen molar-refractivity contribution in [2.24, 2.45) is 0 Å². The first kappa shape index (κ1) is 14.4. The smallest absolute Gasteiger partial charge is 0.194 e. The minimum Gasteiger partial charge on any atom is -0.383 e. The number of benzene rings is 2. The van der Waals surface area contributed by atoms with Gasteiger partial charge in [0.05, 0.1) is 5.56 Å². The molecule has 0 spiro atoms. The minimum atomic E-state index is -2.24. The van der Waals surface area contributed by atoms with Crippen LogP contribution in [0.1, 0.15) is 17.2 Å². The third kappa shape index (κ3) is 2.36. The lowest BCUT2D eigenvalue weighted by atomic mass is 9.99. The predicted octanol–water partition coefficient (Wildman–Crippen LogP) is 3.60. The van der Waals surface area contributed by atoms with E-state index in [0.717, 1.165) is 0 Å². The number of rotatable bonds is 2. The standard InChI is InChI=1S/C13H6F6O/c14-5-3-8(16)10(9(17)4-5)13(20)6-1-2-7(15)12(19)11(6)18/h1-4,13,20H. The maximum atomic E-state index is 13.4. The maximum absolute atomic E-state index is 13.4. The van der Waals surface area contributed by atoms with Crippen LogP contribution >= 0.6 is 0 Å². The van der Waals surface area contributed by atoms with Gasteiger partial charge in [-0.25, -0.2) is 26.3 Å². The predicted molar refractivity (Wildman–Crippen MR) is 56.7 cm³/mol. The molecule has 0 amide bonds. The molecule has 20 heavy (non-hydrogen) atoms. The van der Waals surface area contributed by atoms with Crippen molar-refractivity contribution in [2.45, 2.75) is 6.10 Å². The molecule has 0 heterocycles. The van der Waals surface area contributed by atoms with E-state index in [9.17, 15) is 31.4 Å². The first-order valence-corrected chi connectivity index (χ1v) is 5.28. The Morgan fingerprint density at radius 2 is 1.30 bits per heavy atom. The van der Waals surface area contributed by atoms with Gasteiger partial charge in [-0.05, 0) is 6.07 Å². The molecule has 0 radical (unpaired) electrons. The molecule has 2 rings (SSSR count). The molecule has 0 aromatic heterocycles. The van der Waals surface area contributed by atoms with E-state index < -0.39 is 52.1 Å². The van der Waals surface area contributed by atoms with Crippen LogP contribution in [0.25, 0.3) is 0 Å². The van der Waals surface area contributed by atoms with Gasteiger partial charge in [0, 0.05) is 17.7 Å². The molecule has 1 atom stereocenters. The SMILES string of the molecule is OC(c1ccc(F)c(F)c1F)c1c(F)cc(F)cc1F. The van der Waals surface area contributed by atoms with Crippen molar-refractivity contribution < 1.29 is 31.4 Å². The van der Waals surface area contributed by atoms with Gasteiger partial charge in [-0.1, -0.05) is 6.07 Å². The fourth-order valence-corrected chi connectivity index (χ4v) is 1.72. The molecule has 2 aromatic carbocycles. The third-order valence-corrected chi connectivity index (χ3v) is 2.68. The van der Waals surface area contributed by atoms with Gasteiger partial charge < -0.3 is 5.11 Å². The summed E-state index contributed by atoms with van der Waals surface area (Å²) in [6, 6.07) is 1.69. The van der Waals surface area contributed by atoms with E-state index >= 15 is 0 Å². The van der Waals surface area contributed by atoms with E-state index in [0.29, 0.717) is 12.1 Å².